The highest BCUT2D eigenvalue weighted by Gasteiger charge is 2.30. The third-order valence-corrected chi connectivity index (χ3v) is 4.75. The maximum atomic E-state index is 12.8. The fourth-order valence-electron chi connectivity index (χ4n) is 2.97. The molecule has 0 saturated carbocycles. The van der Waals surface area contributed by atoms with Gasteiger partial charge in [0.2, 0.25) is 0 Å². The highest BCUT2D eigenvalue weighted by Crippen LogP contribution is 2.28. The first-order valence-corrected chi connectivity index (χ1v) is 9.21. The molecule has 1 amide bonds. The van der Waals surface area contributed by atoms with Crippen molar-refractivity contribution < 1.29 is 14.3 Å². The number of fused-ring (bicyclic) bond motifs is 1. The Hall–Kier alpha value is -3.29. The first-order chi connectivity index (χ1) is 13.5. The SMILES string of the molecule is CC[C@H](C)[C@@H](C(=O)O[C@@H](C)C(=O)Nc1ncnc2nc[nH]c12)c1ccccc1. The van der Waals surface area contributed by atoms with Gasteiger partial charge in [0.1, 0.15) is 11.8 Å². The molecule has 0 fully saturated rings. The summed E-state index contributed by atoms with van der Waals surface area (Å²) in [5.41, 5.74) is 1.83. The zero-order chi connectivity index (χ0) is 20.1. The number of carbonyl (C=O) groups excluding carboxylic acids is 2. The quantitative estimate of drug-likeness (QED) is 0.609. The van der Waals surface area contributed by atoms with Gasteiger partial charge in [-0.2, -0.15) is 0 Å². The van der Waals surface area contributed by atoms with Crippen LogP contribution < -0.4 is 5.32 Å². The normalized spacial score (nSPS) is 14.2. The van der Waals surface area contributed by atoms with Crippen molar-refractivity contribution in [3.05, 3.63) is 48.5 Å². The van der Waals surface area contributed by atoms with Crippen molar-refractivity contribution in [1.82, 2.24) is 19.9 Å². The van der Waals surface area contributed by atoms with Crippen LogP contribution in [0.1, 0.15) is 38.7 Å². The number of hydrogen-bond donors (Lipinski definition) is 2. The third kappa shape index (κ3) is 4.16. The average molecular weight is 381 g/mol. The van der Waals surface area contributed by atoms with E-state index in [2.05, 4.69) is 25.3 Å². The molecule has 0 aliphatic rings. The summed E-state index contributed by atoms with van der Waals surface area (Å²) in [6.45, 7) is 5.56. The van der Waals surface area contributed by atoms with E-state index in [1.165, 1.54) is 19.6 Å². The van der Waals surface area contributed by atoms with Crippen LogP contribution in [0, 0.1) is 5.92 Å². The van der Waals surface area contributed by atoms with Crippen molar-refractivity contribution in [2.24, 2.45) is 5.92 Å². The minimum atomic E-state index is -0.976. The van der Waals surface area contributed by atoms with Crippen LogP contribution in [-0.4, -0.2) is 37.9 Å². The molecule has 146 valence electrons. The van der Waals surface area contributed by atoms with Gasteiger partial charge < -0.3 is 15.0 Å². The molecule has 28 heavy (non-hydrogen) atoms. The number of imidazole rings is 1. The van der Waals surface area contributed by atoms with Crippen molar-refractivity contribution in [3.63, 3.8) is 0 Å². The molecular weight excluding hydrogens is 358 g/mol. The molecule has 0 radical (unpaired) electrons. The van der Waals surface area contributed by atoms with Crippen LogP contribution in [0.15, 0.2) is 43.0 Å². The number of H-pyrrole nitrogens is 1. The van der Waals surface area contributed by atoms with Gasteiger partial charge in [-0.05, 0) is 18.4 Å². The molecule has 3 rings (SSSR count). The smallest absolute Gasteiger partial charge is 0.314 e. The number of nitrogens with zero attached hydrogens (tertiary/aromatic N) is 3. The van der Waals surface area contributed by atoms with Crippen LogP contribution in [0.25, 0.3) is 11.2 Å². The summed E-state index contributed by atoms with van der Waals surface area (Å²) in [7, 11) is 0. The number of esters is 1. The summed E-state index contributed by atoms with van der Waals surface area (Å²) in [5.74, 6) is -0.954. The number of anilines is 1. The number of ether oxygens (including phenoxy) is 1. The second kappa shape index (κ2) is 8.60. The lowest BCUT2D eigenvalue weighted by molar-refractivity contribution is -0.155. The summed E-state index contributed by atoms with van der Waals surface area (Å²) in [5, 5.41) is 2.66. The van der Waals surface area contributed by atoms with Crippen LogP contribution in [0.3, 0.4) is 0 Å². The molecule has 2 N–H and O–H groups in total. The minimum absolute atomic E-state index is 0.0802. The van der Waals surface area contributed by atoms with E-state index in [-0.39, 0.29) is 11.7 Å². The average Bonchev–Trinajstić information content (AvgIpc) is 3.18. The van der Waals surface area contributed by atoms with Crippen molar-refractivity contribution in [3.8, 4) is 0 Å². The van der Waals surface area contributed by atoms with Gasteiger partial charge in [-0.15, -0.1) is 0 Å². The van der Waals surface area contributed by atoms with Gasteiger partial charge >= 0.3 is 5.97 Å². The van der Waals surface area contributed by atoms with E-state index in [1.807, 2.05) is 44.2 Å². The number of amides is 1. The Bertz CT molecular complexity index is 957. The van der Waals surface area contributed by atoms with Gasteiger partial charge in [-0.25, -0.2) is 15.0 Å². The zero-order valence-corrected chi connectivity index (χ0v) is 16.0. The predicted octanol–water partition coefficient (Wildman–Crippen LogP) is 3.05. The van der Waals surface area contributed by atoms with Gasteiger partial charge in [0, 0.05) is 0 Å². The molecule has 0 bridgehead atoms. The Morgan fingerprint density at radius 3 is 2.61 bits per heavy atom. The fraction of sp³-hybridized carbons (Fsp3) is 0.350. The zero-order valence-electron chi connectivity index (χ0n) is 16.0. The van der Waals surface area contributed by atoms with Crippen LogP contribution in [0.2, 0.25) is 0 Å². The minimum Gasteiger partial charge on any atom is -0.452 e. The number of nitrogens with one attached hydrogen (secondary N) is 2. The molecule has 0 aliphatic carbocycles. The van der Waals surface area contributed by atoms with E-state index in [1.54, 1.807) is 0 Å². The Labute approximate surface area is 162 Å². The molecule has 0 spiro atoms. The fourth-order valence-corrected chi connectivity index (χ4v) is 2.97. The molecule has 2 aromatic heterocycles. The van der Waals surface area contributed by atoms with Crippen molar-refractivity contribution >= 4 is 28.9 Å². The number of hydrogen-bond acceptors (Lipinski definition) is 6. The van der Waals surface area contributed by atoms with Crippen molar-refractivity contribution in [2.45, 2.75) is 39.2 Å². The number of aromatic nitrogens is 4. The van der Waals surface area contributed by atoms with Gasteiger partial charge in [0.05, 0.1) is 12.2 Å². The van der Waals surface area contributed by atoms with Crippen molar-refractivity contribution in [2.75, 3.05) is 5.32 Å². The Balaban J connectivity index is 1.71. The summed E-state index contributed by atoms with van der Waals surface area (Å²) < 4.78 is 5.50. The van der Waals surface area contributed by atoms with Crippen LogP contribution in [-0.2, 0) is 14.3 Å². The van der Waals surface area contributed by atoms with Crippen LogP contribution in [0.4, 0.5) is 5.82 Å². The molecule has 0 unspecified atom stereocenters. The topological polar surface area (TPSA) is 110 Å². The molecule has 3 aromatic rings. The first-order valence-electron chi connectivity index (χ1n) is 9.21. The van der Waals surface area contributed by atoms with Gasteiger partial charge in [0.25, 0.3) is 5.91 Å². The summed E-state index contributed by atoms with van der Waals surface area (Å²) in [4.78, 5) is 40.3. The van der Waals surface area contributed by atoms with E-state index in [9.17, 15) is 9.59 Å². The number of benzene rings is 1. The molecule has 0 aliphatic heterocycles. The van der Waals surface area contributed by atoms with Gasteiger partial charge in [-0.3, -0.25) is 9.59 Å². The monoisotopic (exact) mass is 381 g/mol. The molecule has 8 nitrogen and oxygen atoms in total. The van der Waals surface area contributed by atoms with Gasteiger partial charge in [-0.1, -0.05) is 50.6 Å². The molecular formula is C20H23N5O3. The molecule has 2 heterocycles. The summed E-state index contributed by atoms with van der Waals surface area (Å²) in [6, 6.07) is 9.48. The summed E-state index contributed by atoms with van der Waals surface area (Å²) in [6.07, 6.45) is 2.61. The molecule has 0 saturated heterocycles. The summed E-state index contributed by atoms with van der Waals surface area (Å²) >= 11 is 0. The Kier molecular flexibility index (Phi) is 5.98. The first kappa shape index (κ1) is 19.5. The predicted molar refractivity (Wildman–Crippen MR) is 105 cm³/mol. The number of carbonyl (C=O) groups is 2. The maximum absolute atomic E-state index is 12.8. The van der Waals surface area contributed by atoms with Gasteiger partial charge in [0.15, 0.2) is 17.6 Å². The third-order valence-electron chi connectivity index (χ3n) is 4.75. The van der Waals surface area contributed by atoms with E-state index in [4.69, 9.17) is 4.74 Å². The molecule has 8 heteroatoms. The highest BCUT2D eigenvalue weighted by atomic mass is 16.5. The maximum Gasteiger partial charge on any atom is 0.314 e. The molecule has 3 atom stereocenters. The Morgan fingerprint density at radius 2 is 1.89 bits per heavy atom. The standard InChI is InChI=1S/C20H23N5O3/c1-4-12(2)15(14-8-6-5-7-9-14)20(27)28-13(3)19(26)25-18-16-17(22-10-21-16)23-11-24-18/h5-13,15H,4H2,1-3H3,(H2,21,22,23,24,25,26)/t12-,13-,15+/m0/s1. The van der Waals surface area contributed by atoms with E-state index < -0.39 is 23.9 Å². The van der Waals surface area contributed by atoms with Crippen LogP contribution in [0.5, 0.6) is 0 Å². The van der Waals surface area contributed by atoms with E-state index in [0.717, 1.165) is 12.0 Å². The Morgan fingerprint density at radius 1 is 1.14 bits per heavy atom. The molecule has 1 aromatic carbocycles. The number of rotatable bonds is 7. The van der Waals surface area contributed by atoms with E-state index in [0.29, 0.717) is 11.2 Å². The lowest BCUT2D eigenvalue weighted by Crippen LogP contribution is -2.33. The van der Waals surface area contributed by atoms with Crippen LogP contribution >= 0.6 is 0 Å². The highest BCUT2D eigenvalue weighted by molar-refractivity contribution is 5.99. The van der Waals surface area contributed by atoms with Crippen molar-refractivity contribution in [1.29, 1.82) is 0 Å². The second-order valence-electron chi connectivity index (χ2n) is 6.67. The lowest BCUT2D eigenvalue weighted by atomic mass is 9.85. The van der Waals surface area contributed by atoms with E-state index >= 15 is 0 Å². The number of aromatic amines is 1. The second-order valence-corrected chi connectivity index (χ2v) is 6.67. The lowest BCUT2D eigenvalue weighted by Gasteiger charge is -2.23. The largest absolute Gasteiger partial charge is 0.452 e.